The minimum atomic E-state index is -3.73. The van der Waals surface area contributed by atoms with Gasteiger partial charge in [-0.15, -0.1) is 11.3 Å². The van der Waals surface area contributed by atoms with Gasteiger partial charge in [0.1, 0.15) is 0 Å². The number of piperidine rings is 1. The molecule has 32 heavy (non-hydrogen) atoms. The van der Waals surface area contributed by atoms with Gasteiger partial charge in [0.15, 0.2) is 5.13 Å². The molecule has 2 N–H and O–H groups in total. The maximum absolute atomic E-state index is 12.7. The van der Waals surface area contributed by atoms with Crippen molar-refractivity contribution in [2.24, 2.45) is 5.92 Å². The average Bonchev–Trinajstić information content (AvgIpc) is 3.21. The van der Waals surface area contributed by atoms with E-state index in [2.05, 4.69) is 26.8 Å². The Balaban J connectivity index is 1.40. The molecule has 0 aliphatic carbocycles. The highest BCUT2D eigenvalue weighted by atomic mass is 32.2. The van der Waals surface area contributed by atoms with Crippen molar-refractivity contribution in [2.45, 2.75) is 31.2 Å². The van der Waals surface area contributed by atoms with Gasteiger partial charge in [-0.25, -0.2) is 13.4 Å². The number of nitrogens with one attached hydrogen (secondary N) is 2. The third-order valence-corrected chi connectivity index (χ3v) is 7.53. The summed E-state index contributed by atoms with van der Waals surface area (Å²) < 4.78 is 27.6. The summed E-state index contributed by atoms with van der Waals surface area (Å²) in [5.41, 5.74) is 1.61. The van der Waals surface area contributed by atoms with E-state index in [0.717, 1.165) is 25.3 Å². The van der Waals surface area contributed by atoms with E-state index in [1.54, 1.807) is 36.4 Å². The number of benzene rings is 2. The molecule has 1 aromatic heterocycles. The number of carbonyl (C=O) groups excluding carboxylic acids is 1. The van der Waals surface area contributed by atoms with Crippen LogP contribution in [-0.4, -0.2) is 37.3 Å². The van der Waals surface area contributed by atoms with Gasteiger partial charge in [0, 0.05) is 29.7 Å². The monoisotopic (exact) mass is 470 g/mol. The van der Waals surface area contributed by atoms with Crippen molar-refractivity contribution < 1.29 is 13.2 Å². The minimum absolute atomic E-state index is 0.160. The molecule has 0 radical (unpaired) electrons. The fraction of sp³-hybridized carbons (Fsp3) is 0.304. The lowest BCUT2D eigenvalue weighted by molar-refractivity contribution is 0.102. The van der Waals surface area contributed by atoms with Gasteiger partial charge in [-0.3, -0.25) is 19.7 Å². The zero-order valence-corrected chi connectivity index (χ0v) is 19.5. The summed E-state index contributed by atoms with van der Waals surface area (Å²) >= 11 is 1.39. The molecule has 2 heterocycles. The number of likely N-dealkylation sites (tertiary alicyclic amines) is 1. The van der Waals surface area contributed by atoms with Crippen LogP contribution in [0.5, 0.6) is 0 Å². The van der Waals surface area contributed by atoms with Crippen LogP contribution in [0.15, 0.2) is 64.9 Å². The molecule has 9 heteroatoms. The molecule has 1 aliphatic rings. The number of anilines is 2. The molecular formula is C23H26N4O3S2. The Kier molecular flexibility index (Phi) is 6.88. The van der Waals surface area contributed by atoms with Crippen LogP contribution >= 0.6 is 11.3 Å². The van der Waals surface area contributed by atoms with Gasteiger partial charge in [-0.05, 0) is 55.6 Å². The second kappa shape index (κ2) is 9.81. The van der Waals surface area contributed by atoms with Gasteiger partial charge < -0.3 is 0 Å². The van der Waals surface area contributed by atoms with Crippen LogP contribution in [0.3, 0.4) is 0 Å². The maximum Gasteiger partial charge on any atom is 0.261 e. The Morgan fingerprint density at radius 3 is 2.78 bits per heavy atom. The number of hydrogen-bond donors (Lipinski definition) is 2. The first-order valence-corrected chi connectivity index (χ1v) is 12.9. The van der Waals surface area contributed by atoms with Crippen LogP contribution < -0.4 is 10.0 Å². The third kappa shape index (κ3) is 5.73. The summed E-state index contributed by atoms with van der Waals surface area (Å²) in [7, 11) is -3.73. The second-order valence-electron chi connectivity index (χ2n) is 8.08. The van der Waals surface area contributed by atoms with Crippen molar-refractivity contribution in [3.05, 3.63) is 71.2 Å². The Morgan fingerprint density at radius 1 is 1.19 bits per heavy atom. The van der Waals surface area contributed by atoms with E-state index < -0.39 is 10.0 Å². The molecule has 1 saturated heterocycles. The first kappa shape index (κ1) is 22.4. The molecular weight excluding hydrogens is 444 g/mol. The predicted molar refractivity (Wildman–Crippen MR) is 127 cm³/mol. The summed E-state index contributed by atoms with van der Waals surface area (Å²) in [6.45, 7) is 5.21. The molecule has 1 amide bonds. The van der Waals surface area contributed by atoms with Crippen molar-refractivity contribution >= 4 is 38.1 Å². The fourth-order valence-electron chi connectivity index (χ4n) is 3.80. The minimum Gasteiger partial charge on any atom is -0.298 e. The summed E-state index contributed by atoms with van der Waals surface area (Å²) in [5, 5.41) is 5.32. The van der Waals surface area contributed by atoms with Crippen LogP contribution in [0.2, 0.25) is 0 Å². The number of aromatic nitrogens is 1. The first-order valence-electron chi connectivity index (χ1n) is 10.5. The molecule has 4 rings (SSSR count). The second-order valence-corrected chi connectivity index (χ2v) is 10.6. The van der Waals surface area contributed by atoms with Crippen LogP contribution in [-0.2, 0) is 16.6 Å². The smallest absolute Gasteiger partial charge is 0.261 e. The number of amides is 1. The lowest BCUT2D eigenvalue weighted by atomic mass is 10.0. The zero-order valence-electron chi connectivity index (χ0n) is 17.8. The lowest BCUT2D eigenvalue weighted by Crippen LogP contribution is -2.33. The quantitative estimate of drug-likeness (QED) is 0.533. The molecule has 0 spiro atoms. The largest absolute Gasteiger partial charge is 0.298 e. The standard InChI is InChI=1S/C23H26N4O3S2/c1-17-7-6-12-27(14-17)15-20-16-31-23(24-20)25-22(28)18-8-5-9-19(13-18)26-32(29,30)21-10-3-2-4-11-21/h2-5,8-11,13,16-17,26H,6-7,12,14-15H2,1H3,(H,24,25,28). The van der Waals surface area contributed by atoms with Crippen molar-refractivity contribution in [3.8, 4) is 0 Å². The van der Waals surface area contributed by atoms with Gasteiger partial charge in [0.05, 0.1) is 10.6 Å². The van der Waals surface area contributed by atoms with Crippen molar-refractivity contribution in [3.63, 3.8) is 0 Å². The van der Waals surface area contributed by atoms with Crippen molar-refractivity contribution in [1.82, 2.24) is 9.88 Å². The molecule has 3 aromatic rings. The number of thiazole rings is 1. The maximum atomic E-state index is 12.7. The predicted octanol–water partition coefficient (Wildman–Crippen LogP) is 4.43. The first-order chi connectivity index (χ1) is 15.4. The van der Waals surface area contributed by atoms with Crippen LogP contribution in [0.25, 0.3) is 0 Å². The summed E-state index contributed by atoms with van der Waals surface area (Å²) in [5.74, 6) is 0.367. The fourth-order valence-corrected chi connectivity index (χ4v) is 5.57. The summed E-state index contributed by atoms with van der Waals surface area (Å²) in [4.78, 5) is 19.8. The van der Waals surface area contributed by atoms with E-state index in [4.69, 9.17) is 0 Å². The van der Waals surface area contributed by atoms with E-state index in [1.807, 2.05) is 5.38 Å². The summed E-state index contributed by atoms with van der Waals surface area (Å²) in [6, 6.07) is 14.5. The average molecular weight is 471 g/mol. The molecule has 0 bridgehead atoms. The molecule has 1 unspecified atom stereocenters. The lowest BCUT2D eigenvalue weighted by Gasteiger charge is -2.30. The number of rotatable bonds is 7. The molecule has 1 atom stereocenters. The number of carbonyl (C=O) groups is 1. The zero-order chi connectivity index (χ0) is 22.6. The normalized spacial score (nSPS) is 17.1. The highest BCUT2D eigenvalue weighted by Gasteiger charge is 2.18. The Morgan fingerprint density at radius 2 is 2.00 bits per heavy atom. The van der Waals surface area contributed by atoms with Crippen LogP contribution in [0.1, 0.15) is 35.8 Å². The summed E-state index contributed by atoms with van der Waals surface area (Å²) in [6.07, 6.45) is 2.48. The van der Waals surface area contributed by atoms with Gasteiger partial charge in [0.25, 0.3) is 15.9 Å². The SMILES string of the molecule is CC1CCCN(Cc2csc(NC(=O)c3cccc(NS(=O)(=O)c4ccccc4)c3)n2)C1. The Bertz CT molecular complexity index is 1180. The van der Waals surface area contributed by atoms with E-state index in [-0.39, 0.29) is 10.8 Å². The Labute approximate surface area is 192 Å². The third-order valence-electron chi connectivity index (χ3n) is 5.33. The highest BCUT2D eigenvalue weighted by Crippen LogP contribution is 2.22. The van der Waals surface area contributed by atoms with Gasteiger partial charge in [0.2, 0.25) is 0 Å². The van der Waals surface area contributed by atoms with Crippen LogP contribution in [0, 0.1) is 5.92 Å². The van der Waals surface area contributed by atoms with E-state index in [9.17, 15) is 13.2 Å². The van der Waals surface area contributed by atoms with Gasteiger partial charge >= 0.3 is 0 Å². The molecule has 0 saturated carbocycles. The Hall–Kier alpha value is -2.75. The topological polar surface area (TPSA) is 91.4 Å². The van der Waals surface area contributed by atoms with E-state index in [1.165, 1.54) is 42.4 Å². The highest BCUT2D eigenvalue weighted by molar-refractivity contribution is 7.92. The van der Waals surface area contributed by atoms with Crippen molar-refractivity contribution in [2.75, 3.05) is 23.1 Å². The number of nitrogens with zero attached hydrogens (tertiary/aromatic N) is 2. The van der Waals surface area contributed by atoms with Crippen LogP contribution in [0.4, 0.5) is 10.8 Å². The van der Waals surface area contributed by atoms with Crippen molar-refractivity contribution in [1.29, 1.82) is 0 Å². The van der Waals surface area contributed by atoms with Gasteiger partial charge in [-0.1, -0.05) is 31.2 Å². The molecule has 2 aromatic carbocycles. The van der Waals surface area contributed by atoms with Gasteiger partial charge in [-0.2, -0.15) is 0 Å². The molecule has 168 valence electrons. The molecule has 7 nitrogen and oxygen atoms in total. The molecule has 1 aliphatic heterocycles. The number of hydrogen-bond acceptors (Lipinski definition) is 6. The van der Waals surface area contributed by atoms with E-state index >= 15 is 0 Å². The molecule has 1 fully saturated rings. The number of sulfonamides is 1. The van der Waals surface area contributed by atoms with E-state index in [0.29, 0.717) is 22.3 Å².